The van der Waals surface area contributed by atoms with E-state index in [4.69, 9.17) is 0 Å². The summed E-state index contributed by atoms with van der Waals surface area (Å²) in [6.07, 6.45) is 1.24. The van der Waals surface area contributed by atoms with E-state index in [1.54, 1.807) is 11.9 Å². The van der Waals surface area contributed by atoms with Crippen LogP contribution >= 0.6 is 0 Å². The van der Waals surface area contributed by atoms with Crippen LogP contribution in [0.15, 0.2) is 6.33 Å². The Hall–Kier alpha value is -2.45. The molecule has 0 radical (unpaired) electrons. The monoisotopic (exact) mass is 252 g/mol. The third-order valence-electron chi connectivity index (χ3n) is 2.56. The van der Waals surface area contributed by atoms with E-state index >= 15 is 0 Å². The number of hydrogen-bond acceptors (Lipinski definition) is 7. The minimum atomic E-state index is -0.548. The van der Waals surface area contributed by atoms with Crippen molar-refractivity contribution in [2.24, 2.45) is 0 Å². The van der Waals surface area contributed by atoms with Crippen molar-refractivity contribution >= 4 is 23.2 Å². The summed E-state index contributed by atoms with van der Waals surface area (Å²) in [5.41, 5.74) is -0.213. The van der Waals surface area contributed by atoms with Crippen LogP contribution in [0.2, 0.25) is 0 Å². The summed E-state index contributed by atoms with van der Waals surface area (Å²) in [4.78, 5) is 31.1. The lowest BCUT2D eigenvalue weighted by Crippen LogP contribution is -2.48. The molecule has 1 fully saturated rings. The summed E-state index contributed by atoms with van der Waals surface area (Å²) in [6, 6.07) is 0. The number of aromatic nitrogens is 2. The molecule has 0 aromatic carbocycles. The third kappa shape index (κ3) is 2.14. The van der Waals surface area contributed by atoms with Crippen molar-refractivity contribution in [2.75, 3.05) is 36.9 Å². The number of nitro groups is 1. The maximum atomic E-state index is 11.3. The van der Waals surface area contributed by atoms with Gasteiger partial charge >= 0.3 is 5.69 Å². The van der Waals surface area contributed by atoms with E-state index in [1.165, 1.54) is 6.33 Å². The molecule has 1 aliphatic heterocycles. The Morgan fingerprint density at radius 1 is 1.56 bits per heavy atom. The van der Waals surface area contributed by atoms with Gasteiger partial charge in [0.25, 0.3) is 0 Å². The average Bonchev–Trinajstić information content (AvgIpc) is 2.37. The molecule has 2 N–H and O–H groups in total. The zero-order valence-electron chi connectivity index (χ0n) is 9.71. The minimum absolute atomic E-state index is 0.0566. The van der Waals surface area contributed by atoms with Crippen molar-refractivity contribution in [1.29, 1.82) is 0 Å². The molecular weight excluding hydrogens is 240 g/mol. The van der Waals surface area contributed by atoms with Crippen molar-refractivity contribution in [3.8, 4) is 0 Å². The van der Waals surface area contributed by atoms with Gasteiger partial charge in [-0.2, -0.15) is 0 Å². The molecule has 0 spiro atoms. The molecule has 1 saturated heterocycles. The standard InChI is InChI=1S/C9H12N6O3/c1-10-8-7(15(17)18)9(13-5-12-8)14-3-2-11-6(16)4-14/h5H,2-4H2,1H3,(H,11,16)(H,10,12,13). The van der Waals surface area contributed by atoms with Crippen LogP contribution in [0.5, 0.6) is 0 Å². The van der Waals surface area contributed by atoms with Gasteiger partial charge in [0.1, 0.15) is 6.33 Å². The number of hydrogen-bond donors (Lipinski definition) is 2. The molecule has 0 unspecified atom stereocenters. The number of anilines is 2. The SMILES string of the molecule is CNc1ncnc(N2CCNC(=O)C2)c1[N+](=O)[O-]. The largest absolute Gasteiger partial charge is 0.367 e. The van der Waals surface area contributed by atoms with Gasteiger partial charge in [-0.1, -0.05) is 0 Å². The molecule has 1 aliphatic rings. The number of nitrogens with one attached hydrogen (secondary N) is 2. The lowest BCUT2D eigenvalue weighted by Gasteiger charge is -2.27. The molecule has 0 bridgehead atoms. The summed E-state index contributed by atoms with van der Waals surface area (Å²) >= 11 is 0. The summed E-state index contributed by atoms with van der Waals surface area (Å²) in [6.45, 7) is 0.975. The Bertz CT molecular complexity index is 491. The van der Waals surface area contributed by atoms with Crippen molar-refractivity contribution in [3.05, 3.63) is 16.4 Å². The fraction of sp³-hybridized carbons (Fsp3) is 0.444. The maximum absolute atomic E-state index is 11.3. The van der Waals surface area contributed by atoms with Gasteiger partial charge in [0.05, 0.1) is 11.5 Å². The van der Waals surface area contributed by atoms with E-state index < -0.39 is 4.92 Å². The van der Waals surface area contributed by atoms with Crippen molar-refractivity contribution in [1.82, 2.24) is 15.3 Å². The third-order valence-corrected chi connectivity index (χ3v) is 2.56. The van der Waals surface area contributed by atoms with Gasteiger partial charge in [-0.05, 0) is 0 Å². The summed E-state index contributed by atoms with van der Waals surface area (Å²) in [5.74, 6) is 0.116. The molecule has 0 aliphatic carbocycles. The van der Waals surface area contributed by atoms with Crippen molar-refractivity contribution in [2.45, 2.75) is 0 Å². The first kappa shape index (κ1) is 12.0. The molecule has 18 heavy (non-hydrogen) atoms. The number of carbonyl (C=O) groups is 1. The maximum Gasteiger partial charge on any atom is 0.353 e. The molecule has 1 amide bonds. The lowest BCUT2D eigenvalue weighted by atomic mass is 10.3. The highest BCUT2D eigenvalue weighted by molar-refractivity contribution is 5.84. The second kappa shape index (κ2) is 4.82. The topological polar surface area (TPSA) is 113 Å². The minimum Gasteiger partial charge on any atom is -0.367 e. The van der Waals surface area contributed by atoms with Crippen LogP contribution < -0.4 is 15.5 Å². The van der Waals surface area contributed by atoms with Crippen molar-refractivity contribution < 1.29 is 9.72 Å². The Morgan fingerprint density at radius 2 is 2.33 bits per heavy atom. The Kier molecular flexibility index (Phi) is 3.22. The van der Waals surface area contributed by atoms with Gasteiger partial charge in [-0.25, -0.2) is 9.97 Å². The molecule has 2 rings (SSSR count). The van der Waals surface area contributed by atoms with E-state index in [2.05, 4.69) is 20.6 Å². The van der Waals surface area contributed by atoms with E-state index in [0.717, 1.165) is 0 Å². The molecule has 0 saturated carbocycles. The van der Waals surface area contributed by atoms with Crippen LogP contribution in [-0.4, -0.2) is 47.5 Å². The van der Waals surface area contributed by atoms with Crippen LogP contribution in [0, 0.1) is 10.1 Å². The van der Waals surface area contributed by atoms with Gasteiger partial charge in [-0.15, -0.1) is 0 Å². The first-order valence-corrected chi connectivity index (χ1v) is 5.32. The number of piperazine rings is 1. The molecule has 0 atom stereocenters. The first-order chi connectivity index (χ1) is 8.63. The quantitative estimate of drug-likeness (QED) is 0.543. The number of amides is 1. The van der Waals surface area contributed by atoms with Gasteiger partial charge in [-0.3, -0.25) is 14.9 Å². The number of carbonyl (C=O) groups excluding carboxylic acids is 1. The van der Waals surface area contributed by atoms with Crippen LogP contribution in [0.1, 0.15) is 0 Å². The molecule has 1 aromatic rings. The highest BCUT2D eigenvalue weighted by Crippen LogP contribution is 2.31. The van der Waals surface area contributed by atoms with Crippen molar-refractivity contribution in [3.63, 3.8) is 0 Å². The number of rotatable bonds is 3. The van der Waals surface area contributed by atoms with Crippen LogP contribution in [0.4, 0.5) is 17.3 Å². The van der Waals surface area contributed by atoms with Gasteiger partial charge < -0.3 is 15.5 Å². The molecule has 96 valence electrons. The second-order valence-corrected chi connectivity index (χ2v) is 3.67. The summed E-state index contributed by atoms with van der Waals surface area (Å²) < 4.78 is 0. The smallest absolute Gasteiger partial charge is 0.353 e. The molecular formula is C9H12N6O3. The zero-order valence-corrected chi connectivity index (χ0v) is 9.71. The summed E-state index contributed by atoms with van der Waals surface area (Å²) in [5, 5.41) is 16.4. The predicted molar refractivity (Wildman–Crippen MR) is 63.5 cm³/mol. The highest BCUT2D eigenvalue weighted by Gasteiger charge is 2.28. The number of nitrogens with zero attached hydrogens (tertiary/aromatic N) is 4. The summed E-state index contributed by atoms with van der Waals surface area (Å²) in [7, 11) is 1.54. The van der Waals surface area contributed by atoms with Crippen LogP contribution in [-0.2, 0) is 4.79 Å². The van der Waals surface area contributed by atoms with E-state index in [9.17, 15) is 14.9 Å². The van der Waals surface area contributed by atoms with Gasteiger partial charge in [0.15, 0.2) is 0 Å². The normalized spacial score (nSPS) is 15.2. The fourth-order valence-electron chi connectivity index (χ4n) is 1.77. The van der Waals surface area contributed by atoms with Gasteiger partial charge in [0.2, 0.25) is 17.5 Å². The Balaban J connectivity index is 2.43. The molecule has 9 heteroatoms. The molecule has 9 nitrogen and oxygen atoms in total. The van der Waals surface area contributed by atoms with E-state index in [1.807, 2.05) is 0 Å². The second-order valence-electron chi connectivity index (χ2n) is 3.67. The fourth-order valence-corrected chi connectivity index (χ4v) is 1.77. The van der Waals surface area contributed by atoms with E-state index in [0.29, 0.717) is 13.1 Å². The van der Waals surface area contributed by atoms with Crippen LogP contribution in [0.3, 0.4) is 0 Å². The Labute approximate surface area is 102 Å². The molecule has 1 aromatic heterocycles. The average molecular weight is 252 g/mol. The zero-order chi connectivity index (χ0) is 13.1. The Morgan fingerprint density at radius 3 is 2.94 bits per heavy atom. The van der Waals surface area contributed by atoms with Gasteiger partial charge in [0, 0.05) is 20.1 Å². The molecule has 2 heterocycles. The highest BCUT2D eigenvalue weighted by atomic mass is 16.6. The lowest BCUT2D eigenvalue weighted by molar-refractivity contribution is -0.383. The predicted octanol–water partition coefficient (Wildman–Crippen LogP) is -0.637. The first-order valence-electron chi connectivity index (χ1n) is 5.32. The van der Waals surface area contributed by atoms with E-state index in [-0.39, 0.29) is 29.8 Å². The van der Waals surface area contributed by atoms with Crippen LogP contribution in [0.25, 0.3) is 0 Å².